The van der Waals surface area contributed by atoms with Crippen LogP contribution in [0.4, 0.5) is 0 Å². The van der Waals surface area contributed by atoms with E-state index in [0.717, 1.165) is 24.0 Å². The van der Waals surface area contributed by atoms with E-state index in [1.165, 1.54) is 0 Å². The summed E-state index contributed by atoms with van der Waals surface area (Å²) in [5.41, 5.74) is 1.13. The highest BCUT2D eigenvalue weighted by Gasteiger charge is 2.42. The highest BCUT2D eigenvalue weighted by Crippen LogP contribution is 2.31. The van der Waals surface area contributed by atoms with Gasteiger partial charge in [-0.25, -0.2) is 4.98 Å². The summed E-state index contributed by atoms with van der Waals surface area (Å²) in [6.07, 6.45) is 7.14. The maximum absolute atomic E-state index is 11.2. The molecule has 1 aromatic heterocycles. The van der Waals surface area contributed by atoms with Crippen LogP contribution in [0, 0.1) is 0 Å². The molecule has 27 heavy (non-hydrogen) atoms. The van der Waals surface area contributed by atoms with Gasteiger partial charge in [0.15, 0.2) is 5.79 Å². The molecule has 0 bridgehead atoms. The molecular weight excluding hydrogens is 372 g/mol. The lowest BCUT2D eigenvalue weighted by Gasteiger charge is -2.28. The van der Waals surface area contributed by atoms with Crippen molar-refractivity contribution >= 4 is 10.1 Å². The highest BCUT2D eigenvalue weighted by atomic mass is 32.2. The first-order chi connectivity index (χ1) is 12.9. The van der Waals surface area contributed by atoms with Crippen LogP contribution >= 0.6 is 0 Å². The summed E-state index contributed by atoms with van der Waals surface area (Å²) in [6.45, 7) is 0.665. The predicted octanol–water partition coefficient (Wildman–Crippen LogP) is 1.61. The third-order valence-corrected chi connectivity index (χ3v) is 4.88. The van der Waals surface area contributed by atoms with Gasteiger partial charge in [0.1, 0.15) is 11.9 Å². The zero-order chi connectivity index (χ0) is 19.3. The molecule has 1 saturated heterocycles. The van der Waals surface area contributed by atoms with Crippen LogP contribution in [0.3, 0.4) is 0 Å². The van der Waals surface area contributed by atoms with Crippen LogP contribution in [0.25, 0.3) is 0 Å². The molecule has 9 heteroatoms. The lowest BCUT2D eigenvalue weighted by molar-refractivity contribution is -0.184. The number of hydrogen-bond acceptors (Lipinski definition) is 7. The summed E-state index contributed by atoms with van der Waals surface area (Å²) in [4.78, 5) is 4.05. The van der Waals surface area contributed by atoms with E-state index in [2.05, 4.69) is 4.98 Å². The normalized spacial score (nSPS) is 22.8. The van der Waals surface area contributed by atoms with Crippen molar-refractivity contribution < 1.29 is 26.8 Å². The maximum atomic E-state index is 11.2. The number of hydrogen-bond donors (Lipinski definition) is 0. The minimum absolute atomic E-state index is 0.0625. The van der Waals surface area contributed by atoms with Gasteiger partial charge in [0.2, 0.25) is 0 Å². The van der Waals surface area contributed by atoms with Gasteiger partial charge in [-0.3, -0.25) is 4.18 Å². The monoisotopic (exact) mass is 396 g/mol. The highest BCUT2D eigenvalue weighted by molar-refractivity contribution is 7.85. The van der Waals surface area contributed by atoms with Crippen molar-refractivity contribution in [2.45, 2.75) is 31.3 Å². The lowest BCUT2D eigenvalue weighted by Crippen LogP contribution is -2.37. The first-order valence-electron chi connectivity index (χ1n) is 8.62. The Bertz CT molecular complexity index is 822. The molecule has 0 radical (unpaired) electrons. The molecule has 0 aliphatic carbocycles. The van der Waals surface area contributed by atoms with Crippen LogP contribution in [0.5, 0.6) is 5.75 Å². The van der Waals surface area contributed by atoms with Crippen molar-refractivity contribution in [3.8, 4) is 5.75 Å². The second kappa shape index (κ2) is 8.39. The number of aryl methyl sites for hydroxylation is 1. The standard InChI is InChI=1S/C18H24N2O6S/c1-23-16-5-3-15(4-6-16)7-8-18(13-20-10-9-19-14-20)24-11-17(26-18)12-25-27(2,21)22/h3-6,9-10,14,17H,7-8,11-13H2,1-2H3. The smallest absolute Gasteiger partial charge is 0.264 e. The van der Waals surface area contributed by atoms with Crippen molar-refractivity contribution in [1.29, 1.82) is 0 Å². The molecule has 2 aromatic rings. The third-order valence-electron chi connectivity index (χ3n) is 4.32. The van der Waals surface area contributed by atoms with Crippen molar-refractivity contribution in [3.05, 3.63) is 48.5 Å². The Morgan fingerprint density at radius 1 is 1.33 bits per heavy atom. The van der Waals surface area contributed by atoms with Crippen molar-refractivity contribution in [2.75, 3.05) is 26.6 Å². The van der Waals surface area contributed by atoms with Crippen LogP contribution in [-0.4, -0.2) is 56.4 Å². The van der Waals surface area contributed by atoms with Gasteiger partial charge in [0, 0.05) is 18.8 Å². The van der Waals surface area contributed by atoms with Gasteiger partial charge in [-0.2, -0.15) is 8.42 Å². The predicted molar refractivity (Wildman–Crippen MR) is 97.9 cm³/mol. The second-order valence-electron chi connectivity index (χ2n) is 6.53. The van der Waals surface area contributed by atoms with Crippen LogP contribution in [0.15, 0.2) is 43.0 Å². The summed E-state index contributed by atoms with van der Waals surface area (Å²) < 4.78 is 46.5. The Balaban J connectivity index is 1.67. The average molecular weight is 396 g/mol. The molecule has 1 aliphatic heterocycles. The van der Waals surface area contributed by atoms with Gasteiger partial charge < -0.3 is 18.8 Å². The van der Waals surface area contributed by atoms with Gasteiger partial charge >= 0.3 is 0 Å². The molecule has 1 fully saturated rings. The molecular formula is C18H24N2O6S. The Labute approximate surface area is 159 Å². The fraction of sp³-hybridized carbons (Fsp3) is 0.500. The van der Waals surface area contributed by atoms with E-state index in [-0.39, 0.29) is 13.2 Å². The van der Waals surface area contributed by atoms with E-state index in [0.29, 0.717) is 13.0 Å². The van der Waals surface area contributed by atoms with Crippen LogP contribution < -0.4 is 4.74 Å². The lowest BCUT2D eigenvalue weighted by atomic mass is 10.0. The molecule has 1 aliphatic rings. The molecule has 2 heterocycles. The molecule has 0 N–H and O–H groups in total. The van der Waals surface area contributed by atoms with E-state index in [9.17, 15) is 8.42 Å². The maximum Gasteiger partial charge on any atom is 0.264 e. The number of nitrogens with zero attached hydrogens (tertiary/aromatic N) is 2. The van der Waals surface area contributed by atoms with E-state index >= 15 is 0 Å². The van der Waals surface area contributed by atoms with E-state index in [1.54, 1.807) is 19.6 Å². The molecule has 1 aromatic carbocycles. The molecule has 0 saturated carbocycles. The number of ether oxygens (including phenoxy) is 3. The number of imidazole rings is 1. The number of methoxy groups -OCH3 is 1. The minimum Gasteiger partial charge on any atom is -0.497 e. The van der Waals surface area contributed by atoms with E-state index in [1.807, 2.05) is 35.0 Å². The summed E-state index contributed by atoms with van der Waals surface area (Å²) in [5, 5.41) is 0. The number of benzene rings is 1. The van der Waals surface area contributed by atoms with E-state index < -0.39 is 22.0 Å². The number of aromatic nitrogens is 2. The Morgan fingerprint density at radius 3 is 2.74 bits per heavy atom. The zero-order valence-electron chi connectivity index (χ0n) is 15.4. The molecule has 2 unspecified atom stereocenters. The Morgan fingerprint density at radius 2 is 2.11 bits per heavy atom. The van der Waals surface area contributed by atoms with Gasteiger partial charge in [0.05, 0.1) is 39.5 Å². The molecule has 8 nitrogen and oxygen atoms in total. The Kier molecular flexibility index (Phi) is 6.15. The molecule has 148 valence electrons. The van der Waals surface area contributed by atoms with Crippen LogP contribution in [-0.2, 0) is 36.7 Å². The minimum atomic E-state index is -3.52. The first-order valence-corrected chi connectivity index (χ1v) is 10.4. The third kappa shape index (κ3) is 5.77. The average Bonchev–Trinajstić information content (AvgIpc) is 3.29. The molecule has 2 atom stereocenters. The van der Waals surface area contributed by atoms with Gasteiger partial charge in [-0.05, 0) is 24.1 Å². The fourth-order valence-corrected chi connectivity index (χ4v) is 3.38. The molecule has 0 amide bonds. The van der Waals surface area contributed by atoms with Gasteiger partial charge in [-0.1, -0.05) is 12.1 Å². The topological polar surface area (TPSA) is 88.9 Å². The van der Waals surface area contributed by atoms with Crippen molar-refractivity contribution in [1.82, 2.24) is 9.55 Å². The number of rotatable bonds is 9. The summed E-state index contributed by atoms with van der Waals surface area (Å²) >= 11 is 0. The van der Waals surface area contributed by atoms with E-state index in [4.69, 9.17) is 18.4 Å². The molecule has 3 rings (SSSR count). The fourth-order valence-electron chi connectivity index (χ4n) is 2.98. The summed E-state index contributed by atoms with van der Waals surface area (Å²) in [7, 11) is -1.89. The SMILES string of the molecule is COc1ccc(CCC2(Cn3ccnc3)OCC(COS(C)(=O)=O)O2)cc1. The second-order valence-corrected chi connectivity index (χ2v) is 8.18. The summed E-state index contributed by atoms with van der Waals surface area (Å²) in [6, 6.07) is 7.83. The quantitative estimate of drug-likeness (QED) is 0.595. The largest absolute Gasteiger partial charge is 0.497 e. The first kappa shape index (κ1) is 19.8. The van der Waals surface area contributed by atoms with Crippen LogP contribution in [0.1, 0.15) is 12.0 Å². The van der Waals surface area contributed by atoms with Gasteiger partial charge in [-0.15, -0.1) is 0 Å². The van der Waals surface area contributed by atoms with Crippen molar-refractivity contribution in [2.24, 2.45) is 0 Å². The van der Waals surface area contributed by atoms with Crippen molar-refractivity contribution in [3.63, 3.8) is 0 Å². The zero-order valence-corrected chi connectivity index (χ0v) is 16.2. The molecule has 0 spiro atoms. The Hall–Kier alpha value is -1.94. The van der Waals surface area contributed by atoms with Gasteiger partial charge in [0.25, 0.3) is 10.1 Å². The summed E-state index contributed by atoms with van der Waals surface area (Å²) in [5.74, 6) is -0.0650. The van der Waals surface area contributed by atoms with Crippen LogP contribution in [0.2, 0.25) is 0 Å².